The zero-order chi connectivity index (χ0) is 17.8. The lowest BCUT2D eigenvalue weighted by molar-refractivity contribution is 0.0961. The van der Waals surface area contributed by atoms with Gasteiger partial charge in [0.1, 0.15) is 17.1 Å². The van der Waals surface area contributed by atoms with Crippen LogP contribution in [0.5, 0.6) is 11.5 Å². The van der Waals surface area contributed by atoms with Crippen LogP contribution in [0.4, 0.5) is 4.79 Å². The van der Waals surface area contributed by atoms with Gasteiger partial charge in [-0.05, 0) is 37.3 Å². The SMILES string of the molecule is COc1ccc2c(c1C#CCCC1CCN(C(=O)O)CC1)OCC2=O. The van der Waals surface area contributed by atoms with Gasteiger partial charge in [0, 0.05) is 19.5 Å². The van der Waals surface area contributed by atoms with Crippen LogP contribution in [-0.4, -0.2) is 48.7 Å². The second-order valence-corrected chi connectivity index (χ2v) is 6.28. The van der Waals surface area contributed by atoms with E-state index in [1.54, 1.807) is 19.2 Å². The van der Waals surface area contributed by atoms with Crippen LogP contribution in [0.3, 0.4) is 0 Å². The zero-order valence-electron chi connectivity index (χ0n) is 14.2. The Morgan fingerprint density at radius 2 is 2.16 bits per heavy atom. The highest BCUT2D eigenvalue weighted by molar-refractivity contribution is 6.03. The molecule has 1 aromatic rings. The smallest absolute Gasteiger partial charge is 0.407 e. The van der Waals surface area contributed by atoms with Gasteiger partial charge in [0.2, 0.25) is 5.78 Å². The summed E-state index contributed by atoms with van der Waals surface area (Å²) in [7, 11) is 1.57. The topological polar surface area (TPSA) is 76.1 Å². The number of ketones is 1. The number of rotatable bonds is 3. The van der Waals surface area contributed by atoms with E-state index < -0.39 is 6.09 Å². The fourth-order valence-electron chi connectivity index (χ4n) is 3.28. The van der Waals surface area contributed by atoms with E-state index >= 15 is 0 Å². The minimum Gasteiger partial charge on any atom is -0.495 e. The number of likely N-dealkylation sites (tertiary alicyclic amines) is 1. The first kappa shape index (κ1) is 17.2. The van der Waals surface area contributed by atoms with Crippen LogP contribution in [0, 0.1) is 17.8 Å². The van der Waals surface area contributed by atoms with Crippen LogP contribution >= 0.6 is 0 Å². The maximum absolute atomic E-state index is 11.8. The van der Waals surface area contributed by atoms with Gasteiger partial charge in [0.25, 0.3) is 0 Å². The third-order valence-electron chi connectivity index (χ3n) is 4.76. The molecule has 0 bridgehead atoms. The van der Waals surface area contributed by atoms with E-state index in [1.165, 1.54) is 4.90 Å². The van der Waals surface area contributed by atoms with Gasteiger partial charge in [0.15, 0.2) is 6.61 Å². The summed E-state index contributed by atoms with van der Waals surface area (Å²) in [5, 5.41) is 8.97. The van der Waals surface area contributed by atoms with Crippen LogP contribution in [0.15, 0.2) is 12.1 Å². The molecule has 0 aliphatic carbocycles. The van der Waals surface area contributed by atoms with Crippen molar-refractivity contribution >= 4 is 11.9 Å². The highest BCUT2D eigenvalue weighted by Gasteiger charge is 2.26. The number of benzene rings is 1. The zero-order valence-corrected chi connectivity index (χ0v) is 14.2. The summed E-state index contributed by atoms with van der Waals surface area (Å²) >= 11 is 0. The maximum atomic E-state index is 11.8. The van der Waals surface area contributed by atoms with Crippen molar-refractivity contribution in [2.75, 3.05) is 26.8 Å². The number of piperidine rings is 1. The molecule has 1 aromatic carbocycles. The number of nitrogens with zero attached hydrogens (tertiary/aromatic N) is 1. The van der Waals surface area contributed by atoms with Crippen LogP contribution in [-0.2, 0) is 0 Å². The Hall–Kier alpha value is -2.68. The van der Waals surface area contributed by atoms with Gasteiger partial charge in [0.05, 0.1) is 12.7 Å². The molecule has 2 heterocycles. The summed E-state index contributed by atoms with van der Waals surface area (Å²) in [6.07, 6.45) is 2.60. The number of Topliss-reactive ketones (excluding diaryl/α,β-unsaturated/α-hetero) is 1. The monoisotopic (exact) mass is 343 g/mol. The number of carbonyl (C=O) groups excluding carboxylic acids is 1. The number of carbonyl (C=O) groups is 2. The van der Waals surface area contributed by atoms with E-state index in [0.29, 0.717) is 41.6 Å². The minimum absolute atomic E-state index is 0.0362. The molecule has 0 saturated carbocycles. The van der Waals surface area contributed by atoms with E-state index in [1.807, 2.05) is 0 Å². The molecule has 0 unspecified atom stereocenters. The van der Waals surface area contributed by atoms with Crippen LogP contribution in [0.25, 0.3) is 0 Å². The molecule has 0 aromatic heterocycles. The van der Waals surface area contributed by atoms with Gasteiger partial charge in [-0.25, -0.2) is 4.79 Å². The van der Waals surface area contributed by atoms with Crippen molar-refractivity contribution in [3.05, 3.63) is 23.3 Å². The molecule has 0 radical (unpaired) electrons. The summed E-state index contributed by atoms with van der Waals surface area (Å²) in [5.41, 5.74) is 1.19. The van der Waals surface area contributed by atoms with E-state index in [0.717, 1.165) is 25.7 Å². The molecule has 1 amide bonds. The summed E-state index contributed by atoms with van der Waals surface area (Å²) in [4.78, 5) is 24.1. The molecule has 0 atom stereocenters. The van der Waals surface area contributed by atoms with Gasteiger partial charge >= 0.3 is 6.09 Å². The van der Waals surface area contributed by atoms with Crippen LogP contribution in [0.1, 0.15) is 41.6 Å². The number of methoxy groups -OCH3 is 1. The number of amides is 1. The molecule has 1 fully saturated rings. The van der Waals surface area contributed by atoms with Crippen molar-refractivity contribution < 1.29 is 24.2 Å². The molecule has 6 nitrogen and oxygen atoms in total. The lowest BCUT2D eigenvalue weighted by atomic mass is 9.92. The third kappa shape index (κ3) is 3.71. The maximum Gasteiger partial charge on any atom is 0.407 e. The Morgan fingerprint density at radius 3 is 2.84 bits per heavy atom. The molecular formula is C19H21NO5. The normalized spacial score (nSPS) is 16.7. The summed E-state index contributed by atoms with van der Waals surface area (Å²) < 4.78 is 10.8. The van der Waals surface area contributed by atoms with Gasteiger partial charge in [-0.1, -0.05) is 11.8 Å². The van der Waals surface area contributed by atoms with E-state index in [4.69, 9.17) is 14.6 Å². The van der Waals surface area contributed by atoms with Crippen LogP contribution in [0.2, 0.25) is 0 Å². The number of carboxylic acid groups (broad SMARTS) is 1. The standard InChI is InChI=1S/C19H21NO5/c1-24-17-7-6-14-16(21)12-25-18(14)15(17)5-3-2-4-13-8-10-20(11-9-13)19(22)23/h6-7,13H,2,4,8-12H2,1H3,(H,22,23). The predicted octanol–water partition coefficient (Wildman–Crippen LogP) is 2.79. The highest BCUT2D eigenvalue weighted by atomic mass is 16.5. The van der Waals surface area contributed by atoms with Gasteiger partial charge in [-0.2, -0.15) is 0 Å². The van der Waals surface area contributed by atoms with Gasteiger partial charge < -0.3 is 19.5 Å². The van der Waals surface area contributed by atoms with Crippen molar-refractivity contribution in [2.24, 2.45) is 5.92 Å². The molecule has 2 aliphatic heterocycles. The van der Waals surface area contributed by atoms with Crippen molar-refractivity contribution in [2.45, 2.75) is 25.7 Å². The molecule has 6 heteroatoms. The number of ether oxygens (including phenoxy) is 2. The molecule has 3 rings (SSSR count). The largest absolute Gasteiger partial charge is 0.495 e. The average Bonchev–Trinajstić information content (AvgIpc) is 3.00. The van der Waals surface area contributed by atoms with Crippen molar-refractivity contribution in [1.29, 1.82) is 0 Å². The Morgan fingerprint density at radius 1 is 1.40 bits per heavy atom. The number of fused-ring (bicyclic) bond motifs is 1. The molecule has 0 spiro atoms. The lowest BCUT2D eigenvalue weighted by Gasteiger charge is -2.29. The van der Waals surface area contributed by atoms with E-state index in [2.05, 4.69) is 11.8 Å². The molecule has 132 valence electrons. The molecular weight excluding hydrogens is 322 g/mol. The highest BCUT2D eigenvalue weighted by Crippen LogP contribution is 2.35. The first-order valence-electron chi connectivity index (χ1n) is 8.44. The van der Waals surface area contributed by atoms with Crippen molar-refractivity contribution in [1.82, 2.24) is 4.90 Å². The lowest BCUT2D eigenvalue weighted by Crippen LogP contribution is -2.37. The van der Waals surface area contributed by atoms with Crippen molar-refractivity contribution in [3.8, 4) is 23.3 Å². The van der Waals surface area contributed by atoms with E-state index in [9.17, 15) is 9.59 Å². The summed E-state index contributed by atoms with van der Waals surface area (Å²) in [5.74, 6) is 7.84. The Labute approximate surface area is 146 Å². The molecule has 25 heavy (non-hydrogen) atoms. The van der Waals surface area contributed by atoms with Gasteiger partial charge in [-0.15, -0.1) is 0 Å². The first-order chi connectivity index (χ1) is 12.1. The molecule has 2 aliphatic rings. The second-order valence-electron chi connectivity index (χ2n) is 6.28. The fourth-order valence-corrected chi connectivity index (χ4v) is 3.28. The van der Waals surface area contributed by atoms with Gasteiger partial charge in [-0.3, -0.25) is 4.79 Å². The molecule has 1 saturated heterocycles. The quantitative estimate of drug-likeness (QED) is 0.854. The summed E-state index contributed by atoms with van der Waals surface area (Å²) in [6.45, 7) is 1.26. The summed E-state index contributed by atoms with van der Waals surface area (Å²) in [6, 6.07) is 3.46. The Kier molecular flexibility index (Phi) is 5.13. The Balaban J connectivity index is 1.61. The Bertz CT molecular complexity index is 738. The second kappa shape index (κ2) is 7.47. The van der Waals surface area contributed by atoms with Crippen molar-refractivity contribution in [3.63, 3.8) is 0 Å². The average molecular weight is 343 g/mol. The third-order valence-corrected chi connectivity index (χ3v) is 4.76. The minimum atomic E-state index is -0.835. The van der Waals surface area contributed by atoms with E-state index in [-0.39, 0.29) is 12.4 Å². The molecule has 1 N–H and O–H groups in total. The fraction of sp³-hybridized carbons (Fsp3) is 0.474. The predicted molar refractivity (Wildman–Crippen MR) is 91.3 cm³/mol. The van der Waals surface area contributed by atoms with Crippen LogP contribution < -0.4 is 9.47 Å². The number of hydrogen-bond acceptors (Lipinski definition) is 4. The number of hydrogen-bond donors (Lipinski definition) is 1. The first-order valence-corrected chi connectivity index (χ1v) is 8.44.